The number of benzene rings is 1. The predicted molar refractivity (Wildman–Crippen MR) is 53.9 cm³/mol. The molecule has 0 atom stereocenters. The Bertz CT molecular complexity index is 340. The smallest absolute Gasteiger partial charge is 0.193 e. The number of carbonyl (C=O) groups excluding carboxylic acids is 1. The molecule has 0 amide bonds. The average molecular weight is 172 g/mol. The minimum absolute atomic E-state index is 0.0438. The summed E-state index contributed by atoms with van der Waals surface area (Å²) in [7, 11) is 0. The summed E-state index contributed by atoms with van der Waals surface area (Å²) in [5, 5.41) is 0. The minimum Gasteiger partial charge on any atom is -0.289 e. The molecule has 0 aromatic heterocycles. The van der Waals surface area contributed by atoms with Gasteiger partial charge in [-0.15, -0.1) is 5.73 Å². The van der Waals surface area contributed by atoms with Gasteiger partial charge in [0.05, 0.1) is 0 Å². The summed E-state index contributed by atoms with van der Waals surface area (Å²) in [6, 6.07) is 7.58. The SMILES string of the molecule is C=C=CC(=O)c1ccc(CC)cc1. The summed E-state index contributed by atoms with van der Waals surface area (Å²) in [6.07, 6.45) is 2.34. The molecule has 0 unspecified atom stereocenters. The number of rotatable bonds is 3. The summed E-state index contributed by atoms with van der Waals surface area (Å²) >= 11 is 0. The molecule has 0 saturated carbocycles. The molecule has 0 radical (unpaired) electrons. The van der Waals surface area contributed by atoms with E-state index in [2.05, 4.69) is 19.2 Å². The van der Waals surface area contributed by atoms with Crippen LogP contribution in [0, 0.1) is 0 Å². The second-order valence-corrected chi connectivity index (χ2v) is 2.76. The number of allylic oxidation sites excluding steroid dienone is 1. The van der Waals surface area contributed by atoms with E-state index in [1.54, 1.807) is 0 Å². The van der Waals surface area contributed by atoms with Crippen molar-refractivity contribution in [3.8, 4) is 0 Å². The van der Waals surface area contributed by atoms with Gasteiger partial charge in [0.15, 0.2) is 5.78 Å². The standard InChI is InChI=1S/C12H12O/c1-3-5-12(13)11-8-6-10(4-2)7-9-11/h5-9H,1,4H2,2H3. The van der Waals surface area contributed by atoms with Crippen LogP contribution in [0.2, 0.25) is 0 Å². The van der Waals surface area contributed by atoms with Gasteiger partial charge in [-0.2, -0.15) is 0 Å². The molecule has 1 aromatic carbocycles. The number of hydrogen-bond donors (Lipinski definition) is 0. The Hall–Kier alpha value is -1.59. The third kappa shape index (κ3) is 2.43. The molecule has 0 fully saturated rings. The predicted octanol–water partition coefficient (Wildman–Crippen LogP) is 2.77. The first kappa shape index (κ1) is 9.50. The van der Waals surface area contributed by atoms with Crippen molar-refractivity contribution in [1.29, 1.82) is 0 Å². The van der Waals surface area contributed by atoms with E-state index in [0.29, 0.717) is 5.56 Å². The Kier molecular flexibility index (Phi) is 3.24. The fraction of sp³-hybridized carbons (Fsp3) is 0.167. The van der Waals surface area contributed by atoms with Gasteiger partial charge in [0.25, 0.3) is 0 Å². The molecule has 1 rings (SSSR count). The van der Waals surface area contributed by atoms with Crippen LogP contribution < -0.4 is 0 Å². The normalized spacial score (nSPS) is 9.00. The highest BCUT2D eigenvalue weighted by Gasteiger charge is 1.99. The van der Waals surface area contributed by atoms with Crippen LogP contribution in [0.25, 0.3) is 0 Å². The molecule has 0 aliphatic heterocycles. The molecule has 0 aliphatic carbocycles. The molecule has 0 heterocycles. The summed E-state index contributed by atoms with van der Waals surface area (Å²) < 4.78 is 0. The molecule has 13 heavy (non-hydrogen) atoms. The number of hydrogen-bond acceptors (Lipinski definition) is 1. The van der Waals surface area contributed by atoms with E-state index in [9.17, 15) is 4.79 Å². The Morgan fingerprint density at radius 2 is 2.08 bits per heavy atom. The summed E-state index contributed by atoms with van der Waals surface area (Å²) in [5.74, 6) is -0.0438. The van der Waals surface area contributed by atoms with E-state index >= 15 is 0 Å². The first-order chi connectivity index (χ1) is 6.27. The van der Waals surface area contributed by atoms with Crippen molar-refractivity contribution in [2.45, 2.75) is 13.3 Å². The van der Waals surface area contributed by atoms with E-state index < -0.39 is 0 Å². The molecule has 1 nitrogen and oxygen atoms in total. The Labute approximate surface area is 78.4 Å². The Morgan fingerprint density at radius 3 is 2.54 bits per heavy atom. The van der Waals surface area contributed by atoms with Gasteiger partial charge in [0.2, 0.25) is 0 Å². The number of aryl methyl sites for hydroxylation is 1. The summed E-state index contributed by atoms with van der Waals surface area (Å²) in [4.78, 5) is 11.3. The number of ketones is 1. The second kappa shape index (κ2) is 4.44. The number of carbonyl (C=O) groups is 1. The molecule has 0 N–H and O–H groups in total. The molecular weight excluding hydrogens is 160 g/mol. The van der Waals surface area contributed by atoms with Crippen LogP contribution in [0.5, 0.6) is 0 Å². The van der Waals surface area contributed by atoms with Crippen molar-refractivity contribution in [2.75, 3.05) is 0 Å². The van der Waals surface area contributed by atoms with Crippen LogP contribution >= 0.6 is 0 Å². The van der Waals surface area contributed by atoms with Gasteiger partial charge < -0.3 is 0 Å². The minimum atomic E-state index is -0.0438. The van der Waals surface area contributed by atoms with Crippen molar-refractivity contribution in [1.82, 2.24) is 0 Å². The maximum absolute atomic E-state index is 11.3. The van der Waals surface area contributed by atoms with Crippen molar-refractivity contribution in [2.24, 2.45) is 0 Å². The zero-order valence-electron chi connectivity index (χ0n) is 7.71. The van der Waals surface area contributed by atoms with Crippen molar-refractivity contribution in [3.63, 3.8) is 0 Å². The Balaban J connectivity index is 2.92. The zero-order chi connectivity index (χ0) is 9.68. The van der Waals surface area contributed by atoms with Crippen LogP contribution in [0.3, 0.4) is 0 Å². The first-order valence-corrected chi connectivity index (χ1v) is 4.27. The summed E-state index contributed by atoms with van der Waals surface area (Å²) in [5.41, 5.74) is 4.39. The maximum atomic E-state index is 11.3. The molecule has 0 spiro atoms. The highest BCUT2D eigenvalue weighted by molar-refractivity contribution is 6.04. The van der Waals surface area contributed by atoms with E-state index in [-0.39, 0.29) is 5.78 Å². The van der Waals surface area contributed by atoms with Gasteiger partial charge in [-0.05, 0) is 12.0 Å². The lowest BCUT2D eigenvalue weighted by molar-refractivity contribution is 0.104. The van der Waals surface area contributed by atoms with Crippen molar-refractivity contribution in [3.05, 3.63) is 53.8 Å². The largest absolute Gasteiger partial charge is 0.289 e. The Morgan fingerprint density at radius 1 is 1.46 bits per heavy atom. The molecule has 0 saturated heterocycles. The third-order valence-corrected chi connectivity index (χ3v) is 1.88. The second-order valence-electron chi connectivity index (χ2n) is 2.76. The molecule has 0 aliphatic rings. The highest BCUT2D eigenvalue weighted by Crippen LogP contribution is 2.05. The third-order valence-electron chi connectivity index (χ3n) is 1.88. The van der Waals surface area contributed by atoms with Gasteiger partial charge in [0.1, 0.15) is 0 Å². The lowest BCUT2D eigenvalue weighted by Gasteiger charge is -1.97. The molecule has 0 bridgehead atoms. The van der Waals surface area contributed by atoms with Crippen LogP contribution in [0.4, 0.5) is 0 Å². The van der Waals surface area contributed by atoms with E-state index in [1.807, 2.05) is 24.3 Å². The zero-order valence-corrected chi connectivity index (χ0v) is 7.71. The van der Waals surface area contributed by atoms with E-state index in [1.165, 1.54) is 11.6 Å². The quantitative estimate of drug-likeness (QED) is 0.389. The lowest BCUT2D eigenvalue weighted by atomic mass is 10.1. The molecule has 66 valence electrons. The van der Waals surface area contributed by atoms with Gasteiger partial charge in [-0.25, -0.2) is 0 Å². The fourth-order valence-corrected chi connectivity index (χ4v) is 1.08. The van der Waals surface area contributed by atoms with Crippen LogP contribution in [0.1, 0.15) is 22.8 Å². The average Bonchev–Trinajstić information content (AvgIpc) is 2.18. The van der Waals surface area contributed by atoms with E-state index in [4.69, 9.17) is 0 Å². The van der Waals surface area contributed by atoms with Gasteiger partial charge in [-0.1, -0.05) is 37.8 Å². The van der Waals surface area contributed by atoms with Crippen molar-refractivity contribution >= 4 is 5.78 Å². The van der Waals surface area contributed by atoms with E-state index in [0.717, 1.165) is 6.42 Å². The molecule has 1 heteroatoms. The van der Waals surface area contributed by atoms with Gasteiger partial charge >= 0.3 is 0 Å². The van der Waals surface area contributed by atoms with Gasteiger partial charge in [-0.3, -0.25) is 4.79 Å². The first-order valence-electron chi connectivity index (χ1n) is 4.27. The fourth-order valence-electron chi connectivity index (χ4n) is 1.08. The van der Waals surface area contributed by atoms with Crippen molar-refractivity contribution < 1.29 is 4.79 Å². The highest BCUT2D eigenvalue weighted by atomic mass is 16.1. The topological polar surface area (TPSA) is 17.1 Å². The van der Waals surface area contributed by atoms with Crippen LogP contribution in [0.15, 0.2) is 42.7 Å². The maximum Gasteiger partial charge on any atom is 0.193 e. The van der Waals surface area contributed by atoms with Gasteiger partial charge in [0, 0.05) is 11.6 Å². The molecular formula is C12H12O. The van der Waals surface area contributed by atoms with Crippen LogP contribution in [-0.2, 0) is 6.42 Å². The lowest BCUT2D eigenvalue weighted by Crippen LogP contribution is -1.93. The molecule has 1 aromatic rings. The van der Waals surface area contributed by atoms with Crippen LogP contribution in [-0.4, -0.2) is 5.78 Å². The monoisotopic (exact) mass is 172 g/mol. The summed E-state index contributed by atoms with van der Waals surface area (Å²) in [6.45, 7) is 5.44.